The number of hydrogen-bond acceptors (Lipinski definition) is 1. The lowest BCUT2D eigenvalue weighted by Gasteiger charge is -2.18. The summed E-state index contributed by atoms with van der Waals surface area (Å²) >= 11 is 5.71. The number of halogens is 2. The minimum absolute atomic E-state index is 0.175. The molecule has 16 heavy (non-hydrogen) atoms. The van der Waals surface area contributed by atoms with Crippen molar-refractivity contribution in [2.45, 2.75) is 19.3 Å². The monoisotopic (exact) mass is 239 g/mol. The van der Waals surface area contributed by atoms with E-state index >= 15 is 0 Å². The molecule has 1 atom stereocenters. The zero-order valence-electron chi connectivity index (χ0n) is 9.05. The first kappa shape index (κ1) is 11.5. The van der Waals surface area contributed by atoms with Crippen LogP contribution < -0.4 is 5.32 Å². The maximum absolute atomic E-state index is 12.9. The fraction of sp³-hybridized carbons (Fsp3) is 0.385. The summed E-state index contributed by atoms with van der Waals surface area (Å²) in [6.07, 6.45) is 7.97. The second kappa shape index (κ2) is 5.35. The van der Waals surface area contributed by atoms with Gasteiger partial charge in [0.15, 0.2) is 0 Å². The summed E-state index contributed by atoms with van der Waals surface area (Å²) in [4.78, 5) is 0. The van der Waals surface area contributed by atoms with Gasteiger partial charge in [-0.3, -0.25) is 0 Å². The lowest BCUT2D eigenvalue weighted by molar-refractivity contribution is 0.504. The first-order valence-corrected chi connectivity index (χ1v) is 5.97. The zero-order chi connectivity index (χ0) is 11.4. The van der Waals surface area contributed by atoms with Crippen molar-refractivity contribution >= 4 is 17.3 Å². The summed E-state index contributed by atoms with van der Waals surface area (Å²) in [5.74, 6) is 0.307. The molecule has 1 nitrogen and oxygen atoms in total. The Bertz CT molecular complexity index is 390. The second-order valence-corrected chi connectivity index (χ2v) is 4.57. The highest BCUT2D eigenvalue weighted by Gasteiger charge is 2.09. The molecule has 0 aromatic heterocycles. The molecule has 1 aliphatic rings. The van der Waals surface area contributed by atoms with Gasteiger partial charge in [-0.1, -0.05) is 23.8 Å². The van der Waals surface area contributed by atoms with Crippen molar-refractivity contribution in [3.63, 3.8) is 0 Å². The van der Waals surface area contributed by atoms with Gasteiger partial charge < -0.3 is 5.32 Å². The summed E-state index contributed by atoms with van der Waals surface area (Å²) in [6.45, 7) is 0.923. The quantitative estimate of drug-likeness (QED) is 0.778. The van der Waals surface area contributed by atoms with Gasteiger partial charge in [-0.2, -0.15) is 0 Å². The van der Waals surface area contributed by atoms with Crippen LogP contribution in [0.25, 0.3) is 0 Å². The van der Waals surface area contributed by atoms with Crippen LogP contribution in [0.4, 0.5) is 10.1 Å². The van der Waals surface area contributed by atoms with Gasteiger partial charge in [-0.15, -0.1) is 0 Å². The van der Waals surface area contributed by atoms with E-state index in [1.54, 1.807) is 12.1 Å². The first-order chi connectivity index (χ1) is 7.75. The third kappa shape index (κ3) is 2.99. The second-order valence-electron chi connectivity index (χ2n) is 4.16. The van der Waals surface area contributed by atoms with Crippen LogP contribution in [0.1, 0.15) is 19.3 Å². The van der Waals surface area contributed by atoms with Crippen LogP contribution in [0.2, 0.25) is 5.02 Å². The van der Waals surface area contributed by atoms with Crippen molar-refractivity contribution in [2.75, 3.05) is 11.9 Å². The Morgan fingerprint density at radius 1 is 1.38 bits per heavy atom. The molecule has 0 saturated carbocycles. The topological polar surface area (TPSA) is 12.0 Å². The van der Waals surface area contributed by atoms with E-state index in [0.717, 1.165) is 25.1 Å². The minimum Gasteiger partial charge on any atom is -0.385 e. The van der Waals surface area contributed by atoms with Crippen molar-refractivity contribution < 1.29 is 4.39 Å². The van der Waals surface area contributed by atoms with Gasteiger partial charge in [0.25, 0.3) is 0 Å². The molecule has 0 bridgehead atoms. The van der Waals surface area contributed by atoms with Crippen LogP contribution in [0.15, 0.2) is 30.4 Å². The molecule has 0 radical (unpaired) electrons. The molecule has 0 amide bonds. The fourth-order valence-corrected chi connectivity index (χ4v) is 2.09. The molecular weight excluding hydrogens is 225 g/mol. The summed E-state index contributed by atoms with van der Waals surface area (Å²) in [7, 11) is 0. The van der Waals surface area contributed by atoms with Crippen LogP contribution in [0.3, 0.4) is 0 Å². The smallest absolute Gasteiger partial charge is 0.141 e. The molecule has 0 saturated heterocycles. The third-order valence-corrected chi connectivity index (χ3v) is 3.18. The van der Waals surface area contributed by atoms with E-state index < -0.39 is 0 Å². The van der Waals surface area contributed by atoms with Gasteiger partial charge in [0, 0.05) is 12.2 Å². The largest absolute Gasteiger partial charge is 0.385 e. The van der Waals surface area contributed by atoms with Crippen LogP contribution in [0.5, 0.6) is 0 Å². The van der Waals surface area contributed by atoms with E-state index in [4.69, 9.17) is 11.6 Å². The van der Waals surface area contributed by atoms with Crippen LogP contribution >= 0.6 is 11.6 Å². The van der Waals surface area contributed by atoms with E-state index in [0.29, 0.717) is 5.92 Å². The maximum Gasteiger partial charge on any atom is 0.141 e. The Morgan fingerprint density at radius 3 is 2.94 bits per heavy atom. The number of allylic oxidation sites excluding steroid dienone is 2. The van der Waals surface area contributed by atoms with Crippen LogP contribution in [0, 0.1) is 11.7 Å². The van der Waals surface area contributed by atoms with E-state index in [2.05, 4.69) is 17.5 Å². The number of hydrogen-bond donors (Lipinski definition) is 1. The van der Waals surface area contributed by atoms with E-state index in [9.17, 15) is 4.39 Å². The molecule has 0 spiro atoms. The summed E-state index contributed by atoms with van der Waals surface area (Å²) in [5, 5.41) is 3.47. The predicted octanol–water partition coefficient (Wildman–Crippen LogP) is 4.25. The third-order valence-electron chi connectivity index (χ3n) is 2.89. The average molecular weight is 240 g/mol. The van der Waals surface area contributed by atoms with Gasteiger partial charge in [-0.25, -0.2) is 4.39 Å². The number of rotatable bonds is 3. The molecule has 86 valence electrons. The van der Waals surface area contributed by atoms with Gasteiger partial charge in [0.2, 0.25) is 0 Å². The van der Waals surface area contributed by atoms with Gasteiger partial charge in [0.05, 0.1) is 5.02 Å². The number of anilines is 1. The lowest BCUT2D eigenvalue weighted by Crippen LogP contribution is -2.15. The van der Waals surface area contributed by atoms with E-state index in [-0.39, 0.29) is 10.8 Å². The average Bonchev–Trinajstić information content (AvgIpc) is 2.32. The molecule has 1 N–H and O–H groups in total. The molecule has 2 rings (SSSR count). The molecule has 1 aromatic rings. The van der Waals surface area contributed by atoms with Gasteiger partial charge in [-0.05, 0) is 43.4 Å². The Kier molecular flexibility index (Phi) is 3.83. The van der Waals surface area contributed by atoms with E-state index in [1.807, 2.05) is 0 Å². The highest BCUT2D eigenvalue weighted by molar-refractivity contribution is 6.31. The Morgan fingerprint density at radius 2 is 2.25 bits per heavy atom. The zero-order valence-corrected chi connectivity index (χ0v) is 9.80. The first-order valence-electron chi connectivity index (χ1n) is 5.59. The van der Waals surface area contributed by atoms with Crippen molar-refractivity contribution in [3.05, 3.63) is 41.2 Å². The summed E-state index contributed by atoms with van der Waals surface area (Å²) < 4.78 is 12.9. The molecule has 0 aliphatic heterocycles. The summed E-state index contributed by atoms with van der Waals surface area (Å²) in [6, 6.07) is 4.75. The molecular formula is C13H15ClFN. The number of benzene rings is 1. The van der Waals surface area contributed by atoms with Gasteiger partial charge in [0.1, 0.15) is 5.82 Å². The van der Waals surface area contributed by atoms with Crippen molar-refractivity contribution in [1.82, 2.24) is 0 Å². The summed E-state index contributed by atoms with van der Waals surface area (Å²) in [5.41, 5.74) is 0.890. The standard InChI is InChI=1S/C13H15ClFN/c14-12-8-11(6-7-13(12)15)16-9-10-4-2-1-3-5-10/h1-2,6-8,10,16H,3-5,9H2. The minimum atomic E-state index is -0.368. The van der Waals surface area contributed by atoms with Crippen molar-refractivity contribution in [2.24, 2.45) is 5.92 Å². The Balaban J connectivity index is 1.89. The molecule has 1 aromatic carbocycles. The van der Waals surface area contributed by atoms with Crippen molar-refractivity contribution in [3.8, 4) is 0 Å². The van der Waals surface area contributed by atoms with Crippen LogP contribution in [-0.4, -0.2) is 6.54 Å². The SMILES string of the molecule is Fc1ccc(NCC2CC=CCC2)cc1Cl. The lowest BCUT2D eigenvalue weighted by atomic mass is 9.94. The molecule has 0 heterocycles. The van der Waals surface area contributed by atoms with E-state index in [1.165, 1.54) is 12.5 Å². The fourth-order valence-electron chi connectivity index (χ4n) is 1.91. The number of nitrogens with one attached hydrogen (secondary N) is 1. The van der Waals surface area contributed by atoms with Crippen LogP contribution in [-0.2, 0) is 0 Å². The predicted molar refractivity (Wildman–Crippen MR) is 66.4 cm³/mol. The highest BCUT2D eigenvalue weighted by atomic mass is 35.5. The van der Waals surface area contributed by atoms with Crippen molar-refractivity contribution in [1.29, 1.82) is 0 Å². The maximum atomic E-state index is 12.9. The Hall–Kier alpha value is -1.02. The molecule has 1 aliphatic carbocycles. The molecule has 3 heteroatoms. The molecule has 0 fully saturated rings. The highest BCUT2D eigenvalue weighted by Crippen LogP contribution is 2.22. The molecule has 1 unspecified atom stereocenters. The Labute approximate surface area is 100 Å². The normalized spacial score (nSPS) is 19.8. The van der Waals surface area contributed by atoms with Gasteiger partial charge >= 0.3 is 0 Å².